The highest BCUT2D eigenvalue weighted by Crippen LogP contribution is 2.45. The zero-order valence-corrected chi connectivity index (χ0v) is 18.3. The van der Waals surface area contributed by atoms with E-state index in [4.69, 9.17) is 13.8 Å². The van der Waals surface area contributed by atoms with Gasteiger partial charge in [-0.25, -0.2) is 4.57 Å². The average molecular weight is 503 g/mol. The highest BCUT2D eigenvalue weighted by Gasteiger charge is 2.34. The Kier molecular flexibility index (Phi) is 8.76. The molecule has 0 heterocycles. The standard InChI is InChI=1S/C19H23INO5P/c1-15(2)25-19(22)18(13-20)21-27(23,26-17-11-7-4-8-12-17)24-14-16-9-5-3-6-10-16/h3-12,15,18H,13-14H2,1-2H3,(H,21,23)/t18-,27?/m0/s1. The van der Waals surface area contributed by atoms with Crippen LogP contribution >= 0.6 is 30.3 Å². The van der Waals surface area contributed by atoms with Gasteiger partial charge in [0.1, 0.15) is 11.8 Å². The number of halogens is 1. The minimum atomic E-state index is -3.83. The van der Waals surface area contributed by atoms with E-state index in [1.165, 1.54) is 0 Å². The second-order valence-corrected chi connectivity index (χ2v) is 8.56. The molecule has 27 heavy (non-hydrogen) atoms. The summed E-state index contributed by atoms with van der Waals surface area (Å²) in [6.45, 7) is 3.59. The lowest BCUT2D eigenvalue weighted by atomic mass is 10.2. The smallest absolute Gasteiger partial charge is 0.459 e. The molecule has 1 unspecified atom stereocenters. The largest absolute Gasteiger partial charge is 0.462 e. The molecule has 8 heteroatoms. The molecule has 2 aromatic carbocycles. The number of ether oxygens (including phenoxy) is 1. The van der Waals surface area contributed by atoms with Crippen LogP contribution in [0.1, 0.15) is 19.4 Å². The van der Waals surface area contributed by atoms with Crippen molar-refractivity contribution in [3.63, 3.8) is 0 Å². The SMILES string of the molecule is CC(C)OC(=O)[C@H](CI)NP(=O)(OCc1ccccc1)Oc1ccccc1. The van der Waals surface area contributed by atoms with Gasteiger partial charge in [-0.1, -0.05) is 71.1 Å². The summed E-state index contributed by atoms with van der Waals surface area (Å²) in [5.74, 6) is -0.120. The van der Waals surface area contributed by atoms with Gasteiger partial charge in [0.25, 0.3) is 0 Å². The summed E-state index contributed by atoms with van der Waals surface area (Å²) in [5, 5.41) is 2.73. The minimum absolute atomic E-state index is 0.0745. The first-order chi connectivity index (χ1) is 12.9. The molecule has 2 aromatic rings. The summed E-state index contributed by atoms with van der Waals surface area (Å²) in [4.78, 5) is 12.3. The summed E-state index contributed by atoms with van der Waals surface area (Å²) in [7, 11) is -3.83. The molecule has 0 spiro atoms. The van der Waals surface area contributed by atoms with Crippen molar-refractivity contribution < 1.29 is 23.1 Å². The van der Waals surface area contributed by atoms with Gasteiger partial charge in [-0.2, -0.15) is 5.09 Å². The van der Waals surface area contributed by atoms with E-state index < -0.39 is 19.8 Å². The van der Waals surface area contributed by atoms with E-state index in [0.29, 0.717) is 10.2 Å². The molecule has 0 saturated carbocycles. The topological polar surface area (TPSA) is 73.9 Å². The summed E-state index contributed by atoms with van der Waals surface area (Å²) >= 11 is 2.03. The normalized spacial score (nSPS) is 14.4. The molecule has 0 aromatic heterocycles. The summed E-state index contributed by atoms with van der Waals surface area (Å²) < 4.78 is 30.2. The van der Waals surface area contributed by atoms with Gasteiger partial charge in [-0.15, -0.1) is 0 Å². The fraction of sp³-hybridized carbons (Fsp3) is 0.316. The van der Waals surface area contributed by atoms with E-state index in [2.05, 4.69) is 5.09 Å². The first-order valence-electron chi connectivity index (χ1n) is 8.49. The monoisotopic (exact) mass is 503 g/mol. The van der Waals surface area contributed by atoms with E-state index >= 15 is 0 Å². The Hall–Kier alpha value is -1.41. The van der Waals surface area contributed by atoms with Crippen LogP contribution in [0.25, 0.3) is 0 Å². The van der Waals surface area contributed by atoms with Gasteiger partial charge in [-0.3, -0.25) is 9.32 Å². The van der Waals surface area contributed by atoms with Crippen LogP contribution in [0.3, 0.4) is 0 Å². The van der Waals surface area contributed by atoms with Crippen LogP contribution in [0.15, 0.2) is 60.7 Å². The molecule has 0 bridgehead atoms. The lowest BCUT2D eigenvalue weighted by Crippen LogP contribution is -2.39. The number of hydrogen-bond acceptors (Lipinski definition) is 5. The lowest BCUT2D eigenvalue weighted by molar-refractivity contribution is -0.148. The molecular formula is C19H23INO5P. The van der Waals surface area contributed by atoms with Crippen molar-refractivity contribution in [3.05, 3.63) is 66.2 Å². The number of benzene rings is 2. The molecule has 1 N–H and O–H groups in total. The first-order valence-corrected chi connectivity index (χ1v) is 11.6. The van der Waals surface area contributed by atoms with Crippen molar-refractivity contribution in [3.8, 4) is 5.75 Å². The van der Waals surface area contributed by atoms with Gasteiger partial charge in [0.15, 0.2) is 0 Å². The fourth-order valence-electron chi connectivity index (χ4n) is 2.10. The minimum Gasteiger partial charge on any atom is -0.462 e. The molecule has 2 rings (SSSR count). The molecule has 0 aliphatic heterocycles. The third-order valence-corrected chi connectivity index (χ3v) is 5.75. The quantitative estimate of drug-likeness (QED) is 0.219. The van der Waals surface area contributed by atoms with Gasteiger partial charge in [0.2, 0.25) is 0 Å². The number of esters is 1. The van der Waals surface area contributed by atoms with Gasteiger partial charge >= 0.3 is 13.7 Å². The molecule has 0 amide bonds. The van der Waals surface area contributed by atoms with Crippen LogP contribution < -0.4 is 9.61 Å². The Balaban J connectivity index is 2.16. The Labute approximate surface area is 173 Å². The summed E-state index contributed by atoms with van der Waals surface area (Å²) in [5.41, 5.74) is 0.840. The Morgan fingerprint density at radius 1 is 1.07 bits per heavy atom. The zero-order valence-electron chi connectivity index (χ0n) is 15.2. The zero-order chi connectivity index (χ0) is 19.7. The Morgan fingerprint density at radius 2 is 1.67 bits per heavy atom. The fourth-order valence-corrected chi connectivity index (χ4v) is 4.50. The van der Waals surface area contributed by atoms with E-state index in [1.807, 2.05) is 59.0 Å². The summed E-state index contributed by atoms with van der Waals surface area (Å²) in [6.07, 6.45) is -0.274. The number of carbonyl (C=O) groups is 1. The first kappa shape index (κ1) is 21.9. The third kappa shape index (κ3) is 7.62. The molecule has 146 valence electrons. The lowest BCUT2D eigenvalue weighted by Gasteiger charge is -2.24. The second-order valence-electron chi connectivity index (χ2n) is 5.98. The van der Waals surface area contributed by atoms with Crippen LogP contribution in [0, 0.1) is 0 Å². The van der Waals surface area contributed by atoms with Crippen molar-refractivity contribution in [1.29, 1.82) is 0 Å². The van der Waals surface area contributed by atoms with Crippen molar-refractivity contribution >= 4 is 36.3 Å². The van der Waals surface area contributed by atoms with Crippen molar-refractivity contribution in [1.82, 2.24) is 5.09 Å². The molecule has 0 saturated heterocycles. The van der Waals surface area contributed by atoms with Gasteiger partial charge in [0, 0.05) is 4.43 Å². The van der Waals surface area contributed by atoms with E-state index in [1.54, 1.807) is 38.1 Å². The van der Waals surface area contributed by atoms with Crippen molar-refractivity contribution in [2.24, 2.45) is 0 Å². The number of para-hydroxylation sites is 1. The average Bonchev–Trinajstić information content (AvgIpc) is 2.66. The molecule has 2 atom stereocenters. The maximum atomic E-state index is 13.3. The predicted octanol–water partition coefficient (Wildman–Crippen LogP) is 4.74. The van der Waals surface area contributed by atoms with E-state index in [-0.39, 0.29) is 12.7 Å². The number of rotatable bonds is 10. The third-order valence-electron chi connectivity index (χ3n) is 3.32. The maximum Gasteiger partial charge on any atom is 0.459 e. The maximum absolute atomic E-state index is 13.3. The highest BCUT2D eigenvalue weighted by atomic mass is 127. The molecule has 0 fully saturated rings. The highest BCUT2D eigenvalue weighted by molar-refractivity contribution is 14.1. The van der Waals surface area contributed by atoms with Crippen molar-refractivity contribution in [2.45, 2.75) is 32.6 Å². The van der Waals surface area contributed by atoms with Gasteiger partial charge in [-0.05, 0) is 31.5 Å². The number of carbonyl (C=O) groups excluding carboxylic acids is 1. The molecule has 6 nitrogen and oxygen atoms in total. The molecule has 0 aliphatic carbocycles. The van der Waals surface area contributed by atoms with Crippen LogP contribution in [0.4, 0.5) is 0 Å². The molecule has 0 aliphatic rings. The number of hydrogen-bond donors (Lipinski definition) is 1. The molecule has 0 radical (unpaired) electrons. The van der Waals surface area contributed by atoms with Crippen LogP contribution in [-0.4, -0.2) is 22.5 Å². The Bertz CT molecular complexity index is 757. The number of alkyl halides is 1. The van der Waals surface area contributed by atoms with Crippen LogP contribution in [0.2, 0.25) is 0 Å². The summed E-state index contributed by atoms with van der Waals surface area (Å²) in [6, 6.07) is 17.2. The van der Waals surface area contributed by atoms with Gasteiger partial charge < -0.3 is 9.26 Å². The Morgan fingerprint density at radius 3 is 2.22 bits per heavy atom. The number of nitrogens with one attached hydrogen (secondary N) is 1. The second kappa shape index (κ2) is 10.8. The van der Waals surface area contributed by atoms with E-state index in [0.717, 1.165) is 5.56 Å². The van der Waals surface area contributed by atoms with Gasteiger partial charge in [0.05, 0.1) is 12.7 Å². The molecular weight excluding hydrogens is 480 g/mol. The van der Waals surface area contributed by atoms with Crippen LogP contribution in [0.5, 0.6) is 5.75 Å². The van der Waals surface area contributed by atoms with Crippen LogP contribution in [-0.2, 0) is 25.2 Å². The van der Waals surface area contributed by atoms with Crippen molar-refractivity contribution in [2.75, 3.05) is 4.43 Å². The van der Waals surface area contributed by atoms with E-state index in [9.17, 15) is 9.36 Å². The predicted molar refractivity (Wildman–Crippen MR) is 113 cm³/mol.